The first kappa shape index (κ1) is 19.5. The zero-order chi connectivity index (χ0) is 20.5. The summed E-state index contributed by atoms with van der Waals surface area (Å²) in [5.74, 6) is -0.858. The average molecular weight is 387 g/mol. The van der Waals surface area contributed by atoms with E-state index in [0.29, 0.717) is 6.07 Å². The molecular weight excluding hydrogens is 371 g/mol. The van der Waals surface area contributed by atoms with Crippen LogP contribution in [0.2, 0.25) is 0 Å². The molecule has 2 aromatic carbocycles. The van der Waals surface area contributed by atoms with Crippen LogP contribution < -0.4 is 5.32 Å². The normalized spacial score (nSPS) is 13.7. The Kier molecular flexibility index (Phi) is 4.87. The van der Waals surface area contributed by atoms with Crippen LogP contribution in [-0.4, -0.2) is 21.2 Å². The molecule has 8 heteroatoms. The number of halogens is 3. The summed E-state index contributed by atoms with van der Waals surface area (Å²) in [5.41, 5.74) is -2.92. The molecule has 1 heterocycles. The highest BCUT2D eigenvalue weighted by Gasteiger charge is 2.35. The summed E-state index contributed by atoms with van der Waals surface area (Å²) < 4.78 is 40.9. The number of rotatable bonds is 4. The van der Waals surface area contributed by atoms with E-state index in [0.717, 1.165) is 17.0 Å². The Morgan fingerprint density at radius 1 is 1.21 bits per heavy atom. The van der Waals surface area contributed by atoms with Crippen molar-refractivity contribution in [2.45, 2.75) is 25.2 Å². The number of carbonyl (C=O) groups excluding carboxylic acids is 1. The molecule has 28 heavy (non-hydrogen) atoms. The first-order chi connectivity index (χ1) is 13.1. The second-order valence-electron chi connectivity index (χ2n) is 6.60. The van der Waals surface area contributed by atoms with E-state index in [2.05, 4.69) is 5.32 Å². The third-order valence-electron chi connectivity index (χ3n) is 4.35. The highest BCUT2D eigenvalue weighted by atomic mass is 19.4. The molecule has 3 aromatic rings. The van der Waals surface area contributed by atoms with Gasteiger partial charge in [0.05, 0.1) is 23.7 Å². The van der Waals surface area contributed by atoms with E-state index in [1.807, 2.05) is 30.3 Å². The summed E-state index contributed by atoms with van der Waals surface area (Å²) in [5, 5.41) is 22.7. The van der Waals surface area contributed by atoms with Crippen LogP contribution >= 0.6 is 0 Å². The van der Waals surface area contributed by atoms with Gasteiger partial charge in [-0.1, -0.05) is 18.2 Å². The number of alkyl halides is 3. The fourth-order valence-corrected chi connectivity index (χ4v) is 2.90. The Balaban J connectivity index is 1.83. The lowest BCUT2D eigenvalue weighted by molar-refractivity contribution is -0.138. The molecule has 0 aliphatic heterocycles. The number of anilines is 1. The van der Waals surface area contributed by atoms with Crippen LogP contribution in [0.25, 0.3) is 10.9 Å². The molecule has 0 radical (unpaired) electrons. The van der Waals surface area contributed by atoms with Gasteiger partial charge in [0, 0.05) is 17.4 Å². The number of hydrogen-bond acceptors (Lipinski definition) is 3. The van der Waals surface area contributed by atoms with Crippen molar-refractivity contribution in [2.75, 3.05) is 5.32 Å². The summed E-state index contributed by atoms with van der Waals surface area (Å²) in [6, 6.07) is 13.6. The van der Waals surface area contributed by atoms with Crippen molar-refractivity contribution in [1.82, 2.24) is 4.57 Å². The lowest BCUT2D eigenvalue weighted by atomic mass is 10.0. The number of nitriles is 1. The Hall–Kier alpha value is -3.31. The number of aromatic nitrogens is 1. The Bertz CT molecular complexity index is 1080. The molecule has 1 aromatic heterocycles. The average Bonchev–Trinajstić information content (AvgIpc) is 3.03. The van der Waals surface area contributed by atoms with Gasteiger partial charge in [-0.25, -0.2) is 0 Å². The van der Waals surface area contributed by atoms with Gasteiger partial charge in [-0.3, -0.25) is 4.79 Å². The molecule has 1 amide bonds. The number of hydrogen-bond donors (Lipinski definition) is 2. The van der Waals surface area contributed by atoms with Gasteiger partial charge in [0.2, 0.25) is 0 Å². The number of nitrogens with zero attached hydrogens (tertiary/aromatic N) is 2. The molecule has 3 rings (SSSR count). The number of benzene rings is 2. The van der Waals surface area contributed by atoms with Crippen molar-refractivity contribution in [1.29, 1.82) is 5.26 Å². The Labute approximate surface area is 158 Å². The number of amides is 1. The van der Waals surface area contributed by atoms with Crippen LogP contribution in [0, 0.1) is 11.3 Å². The molecule has 0 spiro atoms. The van der Waals surface area contributed by atoms with Gasteiger partial charge in [-0.15, -0.1) is 0 Å². The van der Waals surface area contributed by atoms with Gasteiger partial charge in [-0.2, -0.15) is 18.4 Å². The smallest absolute Gasteiger partial charge is 0.378 e. The molecule has 1 unspecified atom stereocenters. The van der Waals surface area contributed by atoms with E-state index in [1.54, 1.807) is 10.8 Å². The SMILES string of the molecule is CC(O)(Cn1ccc2ccccc21)C(=O)Nc1ccc(C#N)c(C(F)(F)F)c1. The molecule has 0 fully saturated rings. The van der Waals surface area contributed by atoms with E-state index >= 15 is 0 Å². The van der Waals surface area contributed by atoms with Crippen molar-refractivity contribution in [3.63, 3.8) is 0 Å². The van der Waals surface area contributed by atoms with E-state index < -0.39 is 28.8 Å². The Morgan fingerprint density at radius 2 is 1.93 bits per heavy atom. The van der Waals surface area contributed by atoms with E-state index in [4.69, 9.17) is 5.26 Å². The number of para-hydroxylation sites is 1. The molecule has 1 atom stereocenters. The van der Waals surface area contributed by atoms with Crippen LogP contribution in [0.4, 0.5) is 18.9 Å². The highest BCUT2D eigenvalue weighted by molar-refractivity contribution is 5.97. The van der Waals surface area contributed by atoms with Crippen molar-refractivity contribution >= 4 is 22.5 Å². The van der Waals surface area contributed by atoms with Crippen molar-refractivity contribution in [2.24, 2.45) is 0 Å². The number of carbonyl (C=O) groups is 1. The van der Waals surface area contributed by atoms with Gasteiger partial charge < -0.3 is 15.0 Å². The van der Waals surface area contributed by atoms with Crippen LogP contribution in [0.15, 0.2) is 54.7 Å². The first-order valence-corrected chi connectivity index (χ1v) is 8.31. The lowest BCUT2D eigenvalue weighted by Crippen LogP contribution is -2.43. The summed E-state index contributed by atoms with van der Waals surface area (Å²) in [6.07, 6.45) is -3.02. The largest absolute Gasteiger partial charge is 0.417 e. The zero-order valence-electron chi connectivity index (χ0n) is 14.8. The molecule has 0 saturated carbocycles. The monoisotopic (exact) mass is 387 g/mol. The second kappa shape index (κ2) is 7.02. The van der Waals surface area contributed by atoms with Crippen LogP contribution in [0.3, 0.4) is 0 Å². The molecule has 0 saturated heterocycles. The van der Waals surface area contributed by atoms with Gasteiger partial charge in [0.25, 0.3) is 5.91 Å². The van der Waals surface area contributed by atoms with Crippen molar-refractivity contribution in [3.05, 3.63) is 65.9 Å². The fourth-order valence-electron chi connectivity index (χ4n) is 2.90. The number of nitrogens with one attached hydrogen (secondary N) is 1. The minimum atomic E-state index is -4.74. The van der Waals surface area contributed by atoms with Crippen LogP contribution in [0.1, 0.15) is 18.1 Å². The van der Waals surface area contributed by atoms with E-state index in [1.165, 1.54) is 19.1 Å². The van der Waals surface area contributed by atoms with Crippen LogP contribution in [-0.2, 0) is 17.5 Å². The lowest BCUT2D eigenvalue weighted by Gasteiger charge is -2.24. The Morgan fingerprint density at radius 3 is 2.61 bits per heavy atom. The van der Waals surface area contributed by atoms with Gasteiger partial charge in [0.1, 0.15) is 0 Å². The predicted octanol–water partition coefficient (Wildman–Crippen LogP) is 3.92. The third-order valence-corrected chi connectivity index (χ3v) is 4.35. The summed E-state index contributed by atoms with van der Waals surface area (Å²) >= 11 is 0. The molecule has 0 aliphatic carbocycles. The van der Waals surface area contributed by atoms with Gasteiger partial charge >= 0.3 is 6.18 Å². The minimum Gasteiger partial charge on any atom is -0.378 e. The maximum Gasteiger partial charge on any atom is 0.417 e. The van der Waals surface area contributed by atoms with E-state index in [9.17, 15) is 23.1 Å². The van der Waals surface area contributed by atoms with Crippen molar-refractivity contribution in [3.8, 4) is 6.07 Å². The molecule has 2 N–H and O–H groups in total. The molecule has 144 valence electrons. The topological polar surface area (TPSA) is 78.1 Å². The third kappa shape index (κ3) is 3.85. The predicted molar refractivity (Wildman–Crippen MR) is 97.4 cm³/mol. The number of aliphatic hydroxyl groups is 1. The van der Waals surface area contributed by atoms with E-state index in [-0.39, 0.29) is 12.2 Å². The second-order valence-corrected chi connectivity index (χ2v) is 6.60. The number of fused-ring (bicyclic) bond motifs is 1. The summed E-state index contributed by atoms with van der Waals surface area (Å²) in [7, 11) is 0. The maximum absolute atomic E-state index is 13.1. The first-order valence-electron chi connectivity index (χ1n) is 8.31. The molecular formula is C20H16F3N3O2. The molecule has 5 nitrogen and oxygen atoms in total. The summed E-state index contributed by atoms with van der Waals surface area (Å²) in [6.45, 7) is 1.19. The summed E-state index contributed by atoms with van der Waals surface area (Å²) in [4.78, 5) is 12.5. The standard InChI is InChI=1S/C20H16F3N3O2/c1-19(28,12-26-9-8-13-4-2-3-5-17(13)26)18(27)25-15-7-6-14(11-24)16(10-15)20(21,22)23/h2-10,28H,12H2,1H3,(H,25,27). The quantitative estimate of drug-likeness (QED) is 0.712. The van der Waals surface area contributed by atoms with Gasteiger partial charge in [0.15, 0.2) is 5.60 Å². The zero-order valence-corrected chi connectivity index (χ0v) is 14.8. The maximum atomic E-state index is 13.1. The van der Waals surface area contributed by atoms with Gasteiger partial charge in [-0.05, 0) is 42.6 Å². The highest BCUT2D eigenvalue weighted by Crippen LogP contribution is 2.33. The molecule has 0 bridgehead atoms. The molecule has 0 aliphatic rings. The fraction of sp³-hybridized carbons (Fsp3) is 0.200. The van der Waals surface area contributed by atoms with Crippen molar-refractivity contribution < 1.29 is 23.1 Å². The van der Waals surface area contributed by atoms with Crippen LogP contribution in [0.5, 0.6) is 0 Å². The minimum absolute atomic E-state index is 0.0885.